The first-order valence-corrected chi connectivity index (χ1v) is 2.17. The Balaban J connectivity index is 0. The van der Waals surface area contributed by atoms with Crippen LogP contribution in [0.2, 0.25) is 0 Å². The van der Waals surface area contributed by atoms with Gasteiger partial charge in [-0.2, -0.15) is 0 Å². The Morgan fingerprint density at radius 1 is 1.44 bits per heavy atom. The zero-order valence-corrected chi connectivity index (χ0v) is 7.27. The Morgan fingerprint density at radius 2 is 2.11 bits per heavy atom. The van der Waals surface area contributed by atoms with Crippen LogP contribution in [0.3, 0.4) is 0 Å². The van der Waals surface area contributed by atoms with E-state index in [1.165, 1.54) is 0 Å². The van der Waals surface area contributed by atoms with Gasteiger partial charge in [0.15, 0.2) is 0 Å². The Labute approximate surface area is 78.3 Å². The van der Waals surface area contributed by atoms with Crippen molar-refractivity contribution >= 4 is 23.1 Å². The van der Waals surface area contributed by atoms with Gasteiger partial charge in [0, 0.05) is 6.08 Å². The molecule has 0 bridgehead atoms. The van der Waals surface area contributed by atoms with Gasteiger partial charge in [-0.15, -0.1) is 6.92 Å². The van der Waals surface area contributed by atoms with E-state index >= 15 is 0 Å². The summed E-state index contributed by atoms with van der Waals surface area (Å²) in [7, 11) is 0. The van der Waals surface area contributed by atoms with Crippen LogP contribution < -0.4 is 12.4 Å². The Hall–Kier alpha value is 0.0562. The van der Waals surface area contributed by atoms with E-state index in [0.717, 1.165) is 5.57 Å². The van der Waals surface area contributed by atoms with Crippen molar-refractivity contribution in [1.82, 2.24) is 0 Å². The van der Waals surface area contributed by atoms with Crippen LogP contribution in [0.5, 0.6) is 0 Å². The molecule has 1 rings (SSSR count). The Kier molecular flexibility index (Phi) is 8.11. The second-order valence-electron chi connectivity index (χ2n) is 1.41. The standard InChI is InChI=1S/C7H6.ClH.Mg/c1-7-5-3-2-4-6-7;;/h2-3,5-6H,1H2;1H;/q;;+2/p-1. The van der Waals surface area contributed by atoms with Gasteiger partial charge in [-0.3, -0.25) is 0 Å². The zero-order valence-electron chi connectivity index (χ0n) is 5.10. The summed E-state index contributed by atoms with van der Waals surface area (Å²) < 4.78 is 0. The summed E-state index contributed by atoms with van der Waals surface area (Å²) in [6, 6.07) is 0. The number of hydrogen-bond acceptors (Lipinski definition) is 0. The van der Waals surface area contributed by atoms with Crippen molar-refractivity contribution in [3.63, 3.8) is 0 Å². The van der Waals surface area contributed by atoms with Crippen molar-refractivity contribution in [3.05, 3.63) is 42.9 Å². The molecular weight excluding hydrogens is 144 g/mol. The maximum Gasteiger partial charge on any atom is 2.00 e. The van der Waals surface area contributed by atoms with Crippen LogP contribution in [0.1, 0.15) is 0 Å². The predicted octanol–water partition coefficient (Wildman–Crippen LogP) is -1.70. The van der Waals surface area contributed by atoms with Crippen LogP contribution in [0.25, 0.3) is 0 Å². The molecule has 0 saturated heterocycles. The van der Waals surface area contributed by atoms with Crippen LogP contribution in [0.15, 0.2) is 29.9 Å². The molecule has 42 valence electrons. The number of hydrogen-bond donors (Lipinski definition) is 0. The second kappa shape index (κ2) is 6.18. The third kappa shape index (κ3) is 4.55. The molecule has 0 unspecified atom stereocenters. The zero-order chi connectivity index (χ0) is 5.11. The molecule has 0 saturated carbocycles. The summed E-state index contributed by atoms with van der Waals surface area (Å²) in [6.07, 6.45) is 10.5. The third-order valence-corrected chi connectivity index (χ3v) is 0.771. The molecule has 0 radical (unpaired) electrons. The minimum absolute atomic E-state index is 0. The molecule has 0 nitrogen and oxygen atoms in total. The number of halogens is 1. The van der Waals surface area contributed by atoms with E-state index in [1.807, 2.05) is 24.3 Å². The van der Waals surface area contributed by atoms with Gasteiger partial charge in [-0.05, 0) is 12.2 Å². The van der Waals surface area contributed by atoms with E-state index < -0.39 is 0 Å². The minimum Gasteiger partial charge on any atom is -1.00 e. The van der Waals surface area contributed by atoms with Crippen molar-refractivity contribution in [2.75, 3.05) is 0 Å². The first kappa shape index (κ1) is 11.8. The van der Waals surface area contributed by atoms with Crippen molar-refractivity contribution in [2.45, 2.75) is 0 Å². The van der Waals surface area contributed by atoms with Crippen molar-refractivity contribution in [1.29, 1.82) is 0 Å². The van der Waals surface area contributed by atoms with Gasteiger partial charge in [-0.1, -0.05) is 11.6 Å². The molecule has 0 spiro atoms. The summed E-state index contributed by atoms with van der Waals surface area (Å²) in [6.45, 7) is 3.69. The van der Waals surface area contributed by atoms with E-state index in [-0.39, 0.29) is 35.5 Å². The van der Waals surface area contributed by atoms with E-state index in [4.69, 9.17) is 0 Å². The normalized spacial score (nSPS) is 12.2. The molecule has 0 aliphatic heterocycles. The fourth-order valence-electron chi connectivity index (χ4n) is 0.431. The van der Waals surface area contributed by atoms with Crippen LogP contribution in [0.4, 0.5) is 0 Å². The molecule has 0 atom stereocenters. The summed E-state index contributed by atoms with van der Waals surface area (Å²) in [5.74, 6) is 0. The maximum atomic E-state index is 3.69. The summed E-state index contributed by atoms with van der Waals surface area (Å²) in [5, 5.41) is 0. The molecule has 0 fully saturated rings. The number of rotatable bonds is 0. The topological polar surface area (TPSA) is 0 Å². The molecule has 0 aromatic rings. The fraction of sp³-hybridized carbons (Fsp3) is 0. The van der Waals surface area contributed by atoms with E-state index in [2.05, 4.69) is 13.0 Å². The third-order valence-electron chi connectivity index (χ3n) is 0.771. The van der Waals surface area contributed by atoms with Gasteiger partial charge in [0.1, 0.15) is 0 Å². The Bertz CT molecular complexity index is 145. The molecule has 2 heteroatoms. The molecule has 1 aliphatic carbocycles. The van der Waals surface area contributed by atoms with E-state index in [1.54, 1.807) is 0 Å². The molecule has 1 aliphatic rings. The monoisotopic (exact) mass is 149 g/mol. The van der Waals surface area contributed by atoms with Gasteiger partial charge in [0.05, 0.1) is 6.08 Å². The fourth-order valence-corrected chi connectivity index (χ4v) is 0.431. The van der Waals surface area contributed by atoms with Crippen molar-refractivity contribution in [3.8, 4) is 0 Å². The van der Waals surface area contributed by atoms with Crippen molar-refractivity contribution < 1.29 is 12.4 Å². The molecular formula is C7H6ClMg+. The quantitative estimate of drug-likeness (QED) is 0.285. The average Bonchev–Trinajstić information content (AvgIpc) is 1.69. The van der Waals surface area contributed by atoms with Crippen molar-refractivity contribution in [2.24, 2.45) is 0 Å². The summed E-state index contributed by atoms with van der Waals surface area (Å²) in [5.41, 5.74) is 1.02. The SMILES string of the molecule is [CH2-]C1=CC=C[C+]=C1.[Cl-].[Mg+2]. The van der Waals surface area contributed by atoms with Crippen LogP contribution in [0, 0.1) is 13.0 Å². The van der Waals surface area contributed by atoms with Crippen LogP contribution >= 0.6 is 0 Å². The second-order valence-corrected chi connectivity index (χ2v) is 1.41. The van der Waals surface area contributed by atoms with Gasteiger partial charge in [0.2, 0.25) is 0 Å². The van der Waals surface area contributed by atoms with Gasteiger partial charge in [0.25, 0.3) is 0 Å². The molecule has 0 aromatic carbocycles. The Morgan fingerprint density at radius 3 is 2.33 bits per heavy atom. The molecule has 0 aromatic heterocycles. The van der Waals surface area contributed by atoms with E-state index in [0.29, 0.717) is 0 Å². The van der Waals surface area contributed by atoms with Crippen LogP contribution in [-0.4, -0.2) is 23.1 Å². The van der Waals surface area contributed by atoms with E-state index in [9.17, 15) is 0 Å². The summed E-state index contributed by atoms with van der Waals surface area (Å²) in [4.78, 5) is 0. The molecule has 0 N–H and O–H groups in total. The minimum atomic E-state index is 0. The van der Waals surface area contributed by atoms with Crippen LogP contribution in [-0.2, 0) is 0 Å². The van der Waals surface area contributed by atoms with Gasteiger partial charge in [-0.25, -0.2) is 0 Å². The predicted molar refractivity (Wildman–Crippen MR) is 36.1 cm³/mol. The first-order chi connectivity index (χ1) is 3.39. The average molecular weight is 150 g/mol. The number of allylic oxidation sites excluding steroid dienone is 6. The van der Waals surface area contributed by atoms with Gasteiger partial charge < -0.3 is 12.4 Å². The molecule has 0 heterocycles. The smallest absolute Gasteiger partial charge is 1.00 e. The molecule has 9 heavy (non-hydrogen) atoms. The van der Waals surface area contributed by atoms with Gasteiger partial charge >= 0.3 is 23.1 Å². The molecule has 0 amide bonds. The largest absolute Gasteiger partial charge is 2.00 e. The first-order valence-electron chi connectivity index (χ1n) is 2.17. The summed E-state index contributed by atoms with van der Waals surface area (Å²) >= 11 is 0. The maximum absolute atomic E-state index is 3.69.